The number of halogens is 1. The molecule has 1 aliphatic heterocycles. The van der Waals surface area contributed by atoms with Crippen LogP contribution in [-0.2, 0) is 4.74 Å². The Morgan fingerprint density at radius 1 is 1.41 bits per heavy atom. The normalized spacial score (nSPS) is 21.5. The Morgan fingerprint density at radius 2 is 2.18 bits per heavy atom. The van der Waals surface area contributed by atoms with Gasteiger partial charge in [0.05, 0.1) is 12.1 Å². The maximum Gasteiger partial charge on any atom is 0.137 e. The van der Waals surface area contributed by atoms with Crippen LogP contribution in [0.2, 0.25) is 5.15 Å². The Labute approximate surface area is 107 Å². The lowest BCUT2D eigenvalue weighted by molar-refractivity contribution is 0.0995. The zero-order valence-corrected chi connectivity index (χ0v) is 11.2. The minimum absolute atomic E-state index is 0.238. The van der Waals surface area contributed by atoms with Gasteiger partial charge in [-0.25, -0.2) is 9.97 Å². The van der Waals surface area contributed by atoms with Crippen molar-refractivity contribution in [3.05, 3.63) is 16.5 Å². The van der Waals surface area contributed by atoms with Crippen LogP contribution in [-0.4, -0.2) is 28.7 Å². The maximum absolute atomic E-state index is 6.04. The van der Waals surface area contributed by atoms with Crippen molar-refractivity contribution in [2.45, 2.75) is 45.8 Å². The predicted octanol–water partition coefficient (Wildman–Crippen LogP) is 2.73. The fourth-order valence-corrected chi connectivity index (χ4v) is 2.25. The van der Waals surface area contributed by atoms with E-state index in [1.54, 1.807) is 0 Å². The highest BCUT2D eigenvalue weighted by atomic mass is 35.5. The number of nitrogens with one attached hydrogen (secondary N) is 1. The molecular formula is C12H18ClN3O. The first kappa shape index (κ1) is 12.6. The molecule has 2 heterocycles. The average Bonchev–Trinajstić information content (AvgIpc) is 2.78. The van der Waals surface area contributed by atoms with E-state index in [1.165, 1.54) is 0 Å². The molecule has 0 radical (unpaired) electrons. The third-order valence-corrected chi connectivity index (χ3v) is 3.45. The summed E-state index contributed by atoms with van der Waals surface area (Å²) in [7, 11) is 0. The van der Waals surface area contributed by atoms with Crippen molar-refractivity contribution >= 4 is 17.4 Å². The van der Waals surface area contributed by atoms with Gasteiger partial charge in [-0.2, -0.15) is 0 Å². The molecule has 1 N–H and O–H groups in total. The second-order valence-corrected chi connectivity index (χ2v) is 4.88. The minimum atomic E-state index is 0.238. The van der Waals surface area contributed by atoms with Crippen molar-refractivity contribution < 1.29 is 4.74 Å². The van der Waals surface area contributed by atoms with Gasteiger partial charge in [0.2, 0.25) is 0 Å². The number of hydrogen-bond donors (Lipinski definition) is 1. The van der Waals surface area contributed by atoms with Gasteiger partial charge in [0.1, 0.15) is 16.8 Å². The maximum atomic E-state index is 6.04. The molecule has 5 heteroatoms. The zero-order valence-electron chi connectivity index (χ0n) is 10.5. The molecule has 0 aliphatic carbocycles. The summed E-state index contributed by atoms with van der Waals surface area (Å²) in [5.41, 5.74) is 0.891. The molecule has 2 rings (SSSR count). The molecule has 17 heavy (non-hydrogen) atoms. The number of nitrogens with zero attached hydrogens (tertiary/aromatic N) is 2. The number of rotatable bonds is 3. The third kappa shape index (κ3) is 2.87. The predicted molar refractivity (Wildman–Crippen MR) is 68.6 cm³/mol. The van der Waals surface area contributed by atoms with E-state index < -0.39 is 0 Å². The topological polar surface area (TPSA) is 47.0 Å². The van der Waals surface area contributed by atoms with E-state index in [1.807, 2.05) is 13.8 Å². The smallest absolute Gasteiger partial charge is 0.137 e. The van der Waals surface area contributed by atoms with Gasteiger partial charge in [0.15, 0.2) is 0 Å². The van der Waals surface area contributed by atoms with E-state index in [2.05, 4.69) is 22.2 Å². The second-order valence-electron chi connectivity index (χ2n) is 4.52. The Kier molecular flexibility index (Phi) is 3.84. The molecule has 1 aliphatic rings. The Bertz CT molecular complexity index is 405. The first-order valence-corrected chi connectivity index (χ1v) is 6.34. The van der Waals surface area contributed by atoms with Gasteiger partial charge in [0.25, 0.3) is 0 Å². The lowest BCUT2D eigenvalue weighted by Crippen LogP contribution is -2.30. The van der Waals surface area contributed by atoms with Gasteiger partial charge in [-0.05, 0) is 33.6 Å². The van der Waals surface area contributed by atoms with Gasteiger partial charge >= 0.3 is 0 Å². The standard InChI is InChI=1S/C12H18ClN3O/c1-7-11(13)15-9(3)16-12(7)14-8(2)10-5-4-6-17-10/h8,10H,4-6H2,1-3H3,(H,14,15,16). The Balaban J connectivity index is 2.12. The minimum Gasteiger partial charge on any atom is -0.376 e. The molecule has 1 aromatic rings. The van der Waals surface area contributed by atoms with Crippen molar-refractivity contribution in [3.63, 3.8) is 0 Å². The van der Waals surface area contributed by atoms with Crippen LogP contribution in [0.15, 0.2) is 0 Å². The highest BCUT2D eigenvalue weighted by molar-refractivity contribution is 6.30. The Morgan fingerprint density at radius 3 is 2.82 bits per heavy atom. The second kappa shape index (κ2) is 5.19. The first-order chi connectivity index (χ1) is 8.08. The molecule has 0 saturated carbocycles. The fraction of sp³-hybridized carbons (Fsp3) is 0.667. The summed E-state index contributed by atoms with van der Waals surface area (Å²) in [4.78, 5) is 8.50. The highest BCUT2D eigenvalue weighted by Crippen LogP contribution is 2.23. The first-order valence-electron chi connectivity index (χ1n) is 5.97. The largest absolute Gasteiger partial charge is 0.376 e. The SMILES string of the molecule is Cc1nc(Cl)c(C)c(NC(C)C2CCCO2)n1. The Hall–Kier alpha value is -0.870. The van der Waals surface area contributed by atoms with Crippen molar-refractivity contribution in [3.8, 4) is 0 Å². The molecule has 94 valence electrons. The van der Waals surface area contributed by atoms with Gasteiger partial charge < -0.3 is 10.1 Å². The number of hydrogen-bond acceptors (Lipinski definition) is 4. The summed E-state index contributed by atoms with van der Waals surface area (Å²) in [6.45, 7) is 6.74. The van der Waals surface area contributed by atoms with Crippen LogP contribution in [0.1, 0.15) is 31.2 Å². The molecule has 0 aromatic carbocycles. The van der Waals surface area contributed by atoms with Crippen LogP contribution in [0, 0.1) is 13.8 Å². The monoisotopic (exact) mass is 255 g/mol. The number of aromatic nitrogens is 2. The fourth-order valence-electron chi connectivity index (χ4n) is 2.04. The number of anilines is 1. The van der Waals surface area contributed by atoms with E-state index in [9.17, 15) is 0 Å². The molecule has 1 aromatic heterocycles. The van der Waals surface area contributed by atoms with Crippen LogP contribution in [0.3, 0.4) is 0 Å². The summed E-state index contributed by atoms with van der Waals surface area (Å²) in [6.07, 6.45) is 2.51. The molecule has 0 amide bonds. The molecule has 2 atom stereocenters. The molecular weight excluding hydrogens is 238 g/mol. The summed E-state index contributed by atoms with van der Waals surface area (Å²) in [5.74, 6) is 1.49. The van der Waals surface area contributed by atoms with Gasteiger partial charge in [-0.3, -0.25) is 0 Å². The highest BCUT2D eigenvalue weighted by Gasteiger charge is 2.23. The lowest BCUT2D eigenvalue weighted by atomic mass is 10.1. The average molecular weight is 256 g/mol. The van der Waals surface area contributed by atoms with Crippen LogP contribution in [0.5, 0.6) is 0 Å². The van der Waals surface area contributed by atoms with Gasteiger partial charge in [-0.1, -0.05) is 11.6 Å². The number of aryl methyl sites for hydroxylation is 1. The van der Waals surface area contributed by atoms with E-state index in [0.717, 1.165) is 30.8 Å². The van der Waals surface area contributed by atoms with Gasteiger partial charge in [0, 0.05) is 12.2 Å². The van der Waals surface area contributed by atoms with Crippen molar-refractivity contribution in [2.75, 3.05) is 11.9 Å². The summed E-state index contributed by atoms with van der Waals surface area (Å²) < 4.78 is 5.65. The molecule has 1 saturated heterocycles. The van der Waals surface area contributed by atoms with Crippen LogP contribution < -0.4 is 5.32 Å². The molecule has 1 fully saturated rings. The third-order valence-electron chi connectivity index (χ3n) is 3.09. The van der Waals surface area contributed by atoms with Gasteiger partial charge in [-0.15, -0.1) is 0 Å². The van der Waals surface area contributed by atoms with Crippen molar-refractivity contribution in [2.24, 2.45) is 0 Å². The molecule has 4 nitrogen and oxygen atoms in total. The quantitative estimate of drug-likeness (QED) is 0.844. The molecule has 0 bridgehead atoms. The molecule has 2 unspecified atom stereocenters. The molecule has 0 spiro atoms. The van der Waals surface area contributed by atoms with Crippen LogP contribution in [0.25, 0.3) is 0 Å². The van der Waals surface area contributed by atoms with E-state index >= 15 is 0 Å². The van der Waals surface area contributed by atoms with Crippen molar-refractivity contribution in [1.29, 1.82) is 0 Å². The summed E-state index contributed by atoms with van der Waals surface area (Å²) in [6, 6.07) is 0.238. The number of ether oxygens (including phenoxy) is 1. The zero-order chi connectivity index (χ0) is 12.4. The lowest BCUT2D eigenvalue weighted by Gasteiger charge is -2.21. The van der Waals surface area contributed by atoms with Crippen LogP contribution >= 0.6 is 11.6 Å². The summed E-state index contributed by atoms with van der Waals surface area (Å²) >= 11 is 6.04. The van der Waals surface area contributed by atoms with E-state index in [4.69, 9.17) is 16.3 Å². The van der Waals surface area contributed by atoms with E-state index in [-0.39, 0.29) is 12.1 Å². The van der Waals surface area contributed by atoms with Crippen LogP contribution in [0.4, 0.5) is 5.82 Å². The van der Waals surface area contributed by atoms with E-state index in [0.29, 0.717) is 11.0 Å². The summed E-state index contributed by atoms with van der Waals surface area (Å²) in [5, 5.41) is 3.89. The van der Waals surface area contributed by atoms with Crippen molar-refractivity contribution in [1.82, 2.24) is 9.97 Å².